The summed E-state index contributed by atoms with van der Waals surface area (Å²) in [4.78, 5) is 94.5. The number of amides is 6. The number of nitrogens with two attached hydrogens (primary N) is 1. The van der Waals surface area contributed by atoms with Gasteiger partial charge in [0, 0.05) is 101 Å². The standard InChI is InChI=1S/C33H32ClF3N6O5S.C29H24ClF3N6O5S/c1-32(2,3)41-49(47,48)23-14-20(35)13-22(15-23)42(31(46)26-8-9-28(44)43(26)27-12-19(18-38)10-11-39-27)29(24-6-4-5-7-25(24)34)30(45)40-21-16-33(36,37)17-21;30-22-4-2-1-3-21(22)26(27(41)37-18-13-29(32,33)14-18)38(19-10-17(31)11-20(12-19)45(35,43)44)28(42)23-5-6-25(40)39(23)24-9-16(15-34)7-8-36-24/h4-7,10-15,21,26,29,41H,8-9,16-17H2,1-3H3,(H,40,45);1-4,7-12,18,23,26H,5-6,13-14H2,(H,37,41)(H2,35,43,44)/t26-,29?;23-,26?/m00/s1. The van der Waals surface area contributed by atoms with Crippen LogP contribution in [0.15, 0.2) is 131 Å². The minimum Gasteiger partial charge on any atom is -0.351 e. The first kappa shape index (κ1) is 69.3. The lowest BCUT2D eigenvalue weighted by molar-refractivity contribution is -0.133. The number of aromatic nitrogens is 2. The van der Waals surface area contributed by atoms with E-state index in [2.05, 4.69) is 25.3 Å². The van der Waals surface area contributed by atoms with E-state index in [9.17, 15) is 78.1 Å². The van der Waals surface area contributed by atoms with Gasteiger partial charge in [-0.3, -0.25) is 48.4 Å². The maximum Gasteiger partial charge on any atom is 0.252 e. The molecule has 10 rings (SSSR count). The molecule has 32 heteroatoms. The van der Waals surface area contributed by atoms with E-state index in [1.54, 1.807) is 26.8 Å². The number of nitrogens with one attached hydrogen (secondary N) is 3. The maximum absolute atomic E-state index is 15.4. The van der Waals surface area contributed by atoms with Gasteiger partial charge < -0.3 is 10.6 Å². The Hall–Kier alpha value is -9.04. The molecule has 2 saturated heterocycles. The van der Waals surface area contributed by atoms with Crippen LogP contribution in [0.25, 0.3) is 0 Å². The van der Waals surface area contributed by atoms with Crippen molar-refractivity contribution in [3.63, 3.8) is 0 Å². The fourth-order valence-electron chi connectivity index (χ4n) is 11.2. The molecule has 0 spiro atoms. The quantitative estimate of drug-likeness (QED) is 0.0622. The third-order valence-corrected chi connectivity index (χ3v) is 18.7. The molecule has 4 atom stereocenters. The number of nitrogens with zero attached hydrogens (tertiary/aromatic N) is 8. The van der Waals surface area contributed by atoms with Gasteiger partial charge in [0.25, 0.3) is 23.7 Å². The zero-order valence-corrected chi connectivity index (χ0v) is 52.9. The Morgan fingerprint density at radius 1 is 0.628 bits per heavy atom. The van der Waals surface area contributed by atoms with Gasteiger partial charge in [-0.05, 0) is 106 Å². The molecule has 492 valence electrons. The van der Waals surface area contributed by atoms with Crippen LogP contribution in [0.1, 0.15) is 106 Å². The monoisotopic (exact) mass is 1380 g/mol. The summed E-state index contributed by atoms with van der Waals surface area (Å²) in [6, 6.07) is 17.6. The number of nitriles is 2. The van der Waals surface area contributed by atoms with Gasteiger partial charge in [0.2, 0.25) is 43.7 Å². The molecule has 5 N–H and O–H groups in total. The number of carbonyl (C=O) groups is 6. The van der Waals surface area contributed by atoms with Gasteiger partial charge >= 0.3 is 0 Å². The molecule has 6 amide bonds. The molecule has 4 aromatic carbocycles. The predicted molar refractivity (Wildman–Crippen MR) is 329 cm³/mol. The SMILES string of the molecule is CC(C)(C)NS(=O)(=O)c1cc(F)cc(N(C(=O)[C@@H]2CCC(=O)N2c2cc(C#N)ccn2)C(C(=O)NC2CC(F)(F)C2)c2ccccc2Cl)c1.N#Cc1ccnc(N2C(=O)CC[C@H]2C(=O)N(c2cc(F)cc(S(N)(=O)=O)c2)C(C(=O)NC2CC(F)(F)C2)c2ccccc2Cl)c1. The number of alkyl halides is 4. The summed E-state index contributed by atoms with van der Waals surface area (Å²) in [6.07, 6.45) is -0.581. The summed E-state index contributed by atoms with van der Waals surface area (Å²) in [5, 5.41) is 29.0. The molecule has 94 heavy (non-hydrogen) atoms. The maximum atomic E-state index is 15.4. The van der Waals surface area contributed by atoms with Gasteiger partial charge in [0.1, 0.15) is 47.4 Å². The second kappa shape index (κ2) is 27.1. The number of rotatable bonds is 17. The number of anilines is 4. The van der Waals surface area contributed by atoms with E-state index in [0.717, 1.165) is 49.9 Å². The first-order valence-electron chi connectivity index (χ1n) is 28.6. The number of benzene rings is 4. The van der Waals surface area contributed by atoms with Gasteiger partial charge in [0.05, 0.1) is 33.1 Å². The van der Waals surface area contributed by atoms with Crippen LogP contribution in [0.5, 0.6) is 0 Å². The summed E-state index contributed by atoms with van der Waals surface area (Å²) in [6.45, 7) is 4.72. The third kappa shape index (κ3) is 15.6. The topological polar surface area (TPSA) is 319 Å². The van der Waals surface area contributed by atoms with Crippen molar-refractivity contribution in [1.82, 2.24) is 25.3 Å². The summed E-state index contributed by atoms with van der Waals surface area (Å²) in [5.41, 5.74) is -1.53. The summed E-state index contributed by atoms with van der Waals surface area (Å²) >= 11 is 13.0. The summed E-state index contributed by atoms with van der Waals surface area (Å²) < 4.78 is 139. The van der Waals surface area contributed by atoms with Crippen LogP contribution in [-0.2, 0) is 48.8 Å². The Bertz CT molecular complexity index is 4350. The fraction of sp³-hybridized carbons (Fsp3) is 0.323. The molecule has 2 aliphatic heterocycles. The molecule has 2 aromatic heterocycles. The number of primary sulfonamides is 1. The molecule has 6 aromatic rings. The van der Waals surface area contributed by atoms with Crippen molar-refractivity contribution in [1.29, 1.82) is 10.5 Å². The number of hydrogen-bond donors (Lipinski definition) is 4. The van der Waals surface area contributed by atoms with Crippen LogP contribution in [0.4, 0.5) is 49.4 Å². The van der Waals surface area contributed by atoms with Crippen LogP contribution in [0, 0.1) is 34.3 Å². The third-order valence-electron chi connectivity index (χ3n) is 15.3. The highest BCUT2D eigenvalue weighted by atomic mass is 35.5. The van der Waals surface area contributed by atoms with E-state index in [1.165, 1.54) is 79.1 Å². The van der Waals surface area contributed by atoms with Crippen molar-refractivity contribution >= 4 is 102 Å². The molecule has 0 bridgehead atoms. The largest absolute Gasteiger partial charge is 0.351 e. The average molecular weight is 1380 g/mol. The molecular weight excluding hydrogens is 1320 g/mol. The van der Waals surface area contributed by atoms with E-state index >= 15 is 4.39 Å². The minimum absolute atomic E-state index is 0.00186. The van der Waals surface area contributed by atoms with E-state index in [-0.39, 0.29) is 69.6 Å². The predicted octanol–water partition coefficient (Wildman–Crippen LogP) is 8.58. The molecular formula is C62H56Cl2F6N12O10S2. The highest BCUT2D eigenvalue weighted by Gasteiger charge is 2.51. The number of sulfonamides is 2. The highest BCUT2D eigenvalue weighted by Crippen LogP contribution is 2.43. The lowest BCUT2D eigenvalue weighted by Crippen LogP contribution is -2.56. The Kier molecular flexibility index (Phi) is 20.0. The van der Waals surface area contributed by atoms with Crippen molar-refractivity contribution in [2.45, 2.75) is 136 Å². The Labute approximate surface area is 544 Å². The summed E-state index contributed by atoms with van der Waals surface area (Å²) in [5.74, 6) is -13.2. The van der Waals surface area contributed by atoms with Gasteiger partial charge in [0.15, 0.2) is 0 Å². The number of carbonyl (C=O) groups excluding carboxylic acids is 6. The van der Waals surface area contributed by atoms with Crippen LogP contribution in [0.2, 0.25) is 10.0 Å². The lowest BCUT2D eigenvalue weighted by Gasteiger charge is -2.39. The first-order valence-corrected chi connectivity index (χ1v) is 32.4. The van der Waals surface area contributed by atoms with Crippen LogP contribution in [-0.4, -0.2) is 104 Å². The van der Waals surface area contributed by atoms with Gasteiger partial charge in [-0.25, -0.2) is 63.0 Å². The normalized spacial score (nSPS) is 18.4. The zero-order valence-electron chi connectivity index (χ0n) is 49.7. The highest BCUT2D eigenvalue weighted by molar-refractivity contribution is 7.89. The lowest BCUT2D eigenvalue weighted by atomic mass is 9.87. The van der Waals surface area contributed by atoms with E-state index in [4.69, 9.17) is 28.3 Å². The van der Waals surface area contributed by atoms with Gasteiger partial charge in [-0.15, -0.1) is 0 Å². The molecule has 4 aliphatic rings. The Balaban J connectivity index is 0.000000222. The van der Waals surface area contributed by atoms with Crippen molar-refractivity contribution < 1.29 is 71.9 Å². The summed E-state index contributed by atoms with van der Waals surface area (Å²) in [7, 11) is -8.93. The van der Waals surface area contributed by atoms with Crippen LogP contribution < -0.4 is 40.1 Å². The second-order valence-electron chi connectivity index (χ2n) is 23.6. The van der Waals surface area contributed by atoms with E-state index in [1.807, 2.05) is 12.1 Å². The number of pyridine rings is 2. The van der Waals surface area contributed by atoms with Gasteiger partial charge in [-0.1, -0.05) is 59.6 Å². The number of halogens is 8. The smallest absolute Gasteiger partial charge is 0.252 e. The van der Waals surface area contributed by atoms with Crippen molar-refractivity contribution in [3.8, 4) is 12.1 Å². The Morgan fingerprint density at radius 3 is 1.37 bits per heavy atom. The Morgan fingerprint density at radius 2 is 1.01 bits per heavy atom. The molecule has 0 radical (unpaired) electrons. The minimum atomic E-state index is -4.53. The molecule has 4 fully saturated rings. The molecule has 2 saturated carbocycles. The zero-order chi connectivity index (χ0) is 68.6. The second-order valence-corrected chi connectivity index (χ2v) is 27.6. The van der Waals surface area contributed by atoms with Crippen molar-refractivity contribution in [2.24, 2.45) is 5.14 Å². The van der Waals surface area contributed by atoms with Crippen LogP contribution >= 0.6 is 23.2 Å². The molecule has 2 unspecified atom stereocenters. The van der Waals surface area contributed by atoms with Crippen molar-refractivity contribution in [2.75, 3.05) is 19.6 Å². The molecule has 4 heterocycles. The molecule has 22 nitrogen and oxygen atoms in total. The van der Waals surface area contributed by atoms with E-state index < -0.39 is 168 Å². The van der Waals surface area contributed by atoms with E-state index in [0.29, 0.717) is 6.07 Å². The molecule has 2 aliphatic carbocycles. The van der Waals surface area contributed by atoms with Crippen molar-refractivity contribution in [3.05, 3.63) is 166 Å². The van der Waals surface area contributed by atoms with Crippen LogP contribution in [0.3, 0.4) is 0 Å². The fourth-order valence-corrected chi connectivity index (χ4v) is 13.7. The average Bonchev–Trinajstić information content (AvgIpc) is 1.26. The van der Waals surface area contributed by atoms with Gasteiger partial charge in [-0.2, -0.15) is 10.5 Å². The number of hydrogen-bond acceptors (Lipinski definition) is 14. The first-order chi connectivity index (χ1) is 44.1.